The van der Waals surface area contributed by atoms with Crippen LogP contribution in [0.4, 0.5) is 5.69 Å². The van der Waals surface area contributed by atoms with Gasteiger partial charge in [-0.15, -0.1) is 11.8 Å². The number of carbonyl (C=O) groups is 3. The highest BCUT2D eigenvalue weighted by atomic mass is 32.2. The van der Waals surface area contributed by atoms with Crippen LogP contribution >= 0.6 is 11.8 Å². The fraction of sp³-hybridized carbons (Fsp3) is 0.536. The molecule has 2 saturated heterocycles. The number of anilines is 1. The van der Waals surface area contributed by atoms with Crippen LogP contribution in [0.5, 0.6) is 0 Å². The van der Waals surface area contributed by atoms with Gasteiger partial charge in [-0.05, 0) is 51.7 Å². The maximum absolute atomic E-state index is 14.5. The second kappa shape index (κ2) is 9.06. The second-order valence-electron chi connectivity index (χ2n) is 10.6. The van der Waals surface area contributed by atoms with Gasteiger partial charge in [0.1, 0.15) is 6.04 Å². The third-order valence-corrected chi connectivity index (χ3v) is 9.93. The number of allylic oxidation sites excluding steroid dienone is 1. The molecule has 0 radical (unpaired) electrons. The van der Waals surface area contributed by atoms with Gasteiger partial charge in [-0.1, -0.05) is 42.5 Å². The number of hydrogen-bond acceptors (Lipinski definition) is 6. The lowest BCUT2D eigenvalue weighted by atomic mass is 9.74. The van der Waals surface area contributed by atoms with Crippen LogP contribution in [0.3, 0.4) is 0 Å². The van der Waals surface area contributed by atoms with Gasteiger partial charge in [-0.2, -0.15) is 0 Å². The number of aliphatic hydroxyl groups is 1. The molecule has 2 fully saturated rings. The number of nitrogens with zero attached hydrogens (tertiary/aromatic N) is 2. The Morgan fingerprint density at radius 3 is 2.53 bits per heavy atom. The summed E-state index contributed by atoms with van der Waals surface area (Å²) < 4.78 is 3.99. The molecule has 1 spiro atoms. The summed E-state index contributed by atoms with van der Waals surface area (Å²) in [7, 11) is 0. The van der Waals surface area contributed by atoms with E-state index in [1.54, 1.807) is 16.7 Å². The number of esters is 1. The first kappa shape index (κ1) is 25.1. The van der Waals surface area contributed by atoms with Gasteiger partial charge in [0.2, 0.25) is 5.91 Å². The molecule has 4 heterocycles. The molecule has 6 atom stereocenters. The van der Waals surface area contributed by atoms with Gasteiger partial charge in [0.05, 0.1) is 35.8 Å². The highest BCUT2D eigenvalue weighted by molar-refractivity contribution is 8.02. The Bertz CT molecular complexity index is 1140. The number of fused-ring (bicyclic) bond motifs is 2. The largest absolute Gasteiger partial charge is 0.465 e. The third-order valence-electron chi connectivity index (χ3n) is 8.14. The maximum Gasteiger partial charge on any atom is 0.311 e. The lowest BCUT2D eigenvalue weighted by Gasteiger charge is -2.39. The summed E-state index contributed by atoms with van der Waals surface area (Å²) in [5.74, 6) is -2.34. The molecular weight excluding hydrogens is 476 g/mol. The second-order valence-corrected chi connectivity index (χ2v) is 12.4. The first-order chi connectivity index (χ1) is 17.2. The number of rotatable bonds is 3. The van der Waals surface area contributed by atoms with Crippen molar-refractivity contribution in [3.05, 3.63) is 53.6 Å². The summed E-state index contributed by atoms with van der Waals surface area (Å²) in [6.07, 6.45) is 9.59. The van der Waals surface area contributed by atoms with Crippen molar-refractivity contribution in [3.63, 3.8) is 0 Å². The van der Waals surface area contributed by atoms with E-state index in [0.717, 1.165) is 29.7 Å². The Labute approximate surface area is 216 Å². The quantitative estimate of drug-likeness (QED) is 0.497. The predicted molar refractivity (Wildman–Crippen MR) is 140 cm³/mol. The molecule has 5 rings (SSSR count). The van der Waals surface area contributed by atoms with Crippen molar-refractivity contribution in [2.24, 2.45) is 11.8 Å². The average molecular weight is 511 g/mol. The van der Waals surface area contributed by atoms with E-state index in [0.29, 0.717) is 13.2 Å². The molecule has 0 aromatic heterocycles. The summed E-state index contributed by atoms with van der Waals surface area (Å²) in [4.78, 5) is 45.4. The highest BCUT2D eigenvalue weighted by Gasteiger charge is 2.74. The number of cyclic esters (lactones) is 1. The summed E-state index contributed by atoms with van der Waals surface area (Å²) in [6.45, 7) is 8.10. The first-order valence-corrected chi connectivity index (χ1v) is 13.5. The number of para-hydroxylation sites is 1. The molecule has 192 valence electrons. The zero-order chi connectivity index (χ0) is 25.8. The molecule has 2 amide bonds. The minimum Gasteiger partial charge on any atom is -0.465 e. The Morgan fingerprint density at radius 1 is 1.11 bits per heavy atom. The van der Waals surface area contributed by atoms with E-state index < -0.39 is 33.4 Å². The van der Waals surface area contributed by atoms with Crippen molar-refractivity contribution in [1.29, 1.82) is 0 Å². The van der Waals surface area contributed by atoms with Crippen LogP contribution in [0.1, 0.15) is 37.8 Å². The number of likely N-dealkylation sites (tertiary alicyclic amines) is 1. The molecule has 7 nitrogen and oxygen atoms in total. The van der Waals surface area contributed by atoms with E-state index in [2.05, 4.69) is 6.08 Å². The summed E-state index contributed by atoms with van der Waals surface area (Å²) in [5.41, 5.74) is 2.80. The van der Waals surface area contributed by atoms with Gasteiger partial charge in [-0.25, -0.2) is 0 Å². The van der Waals surface area contributed by atoms with Gasteiger partial charge in [-0.3, -0.25) is 14.4 Å². The Hall–Kier alpha value is -2.58. The van der Waals surface area contributed by atoms with E-state index in [1.165, 1.54) is 11.8 Å². The molecule has 4 aliphatic heterocycles. The van der Waals surface area contributed by atoms with Gasteiger partial charge in [0.15, 0.2) is 0 Å². The van der Waals surface area contributed by atoms with Crippen molar-refractivity contribution in [2.45, 2.75) is 62.1 Å². The maximum atomic E-state index is 14.5. The third kappa shape index (κ3) is 3.56. The van der Waals surface area contributed by atoms with E-state index >= 15 is 0 Å². The van der Waals surface area contributed by atoms with Crippen molar-refractivity contribution < 1.29 is 24.2 Å². The highest BCUT2D eigenvalue weighted by Crippen LogP contribution is 2.65. The smallest absolute Gasteiger partial charge is 0.311 e. The number of carbonyl (C=O) groups excluding carboxylic acids is 3. The van der Waals surface area contributed by atoms with Crippen LogP contribution in [-0.2, 0) is 19.1 Å². The predicted octanol–water partition coefficient (Wildman–Crippen LogP) is 3.17. The number of aryl methyl sites for hydroxylation is 2. The monoisotopic (exact) mass is 510 g/mol. The fourth-order valence-electron chi connectivity index (χ4n) is 6.57. The lowest BCUT2D eigenvalue weighted by molar-refractivity contribution is -0.154. The molecule has 1 N–H and O–H groups in total. The summed E-state index contributed by atoms with van der Waals surface area (Å²) in [6, 6.07) is 4.50. The minimum absolute atomic E-state index is 0.187. The SMILES string of the molecule is Cc1cccc(C)c1N1CC=C[C@]23S[C@]4(C)/C=C\CCCOC(=O)[C@@H]4[C@H]2C(=O)N([C@H](C)CO)C3C1=O. The first-order valence-electron chi connectivity index (χ1n) is 12.7. The van der Waals surface area contributed by atoms with Crippen molar-refractivity contribution in [1.82, 2.24) is 4.90 Å². The Balaban J connectivity index is 1.69. The van der Waals surface area contributed by atoms with Gasteiger partial charge >= 0.3 is 5.97 Å². The van der Waals surface area contributed by atoms with E-state index in [9.17, 15) is 19.5 Å². The lowest BCUT2D eigenvalue weighted by Crippen LogP contribution is -2.56. The molecule has 1 unspecified atom stereocenters. The fourth-order valence-corrected chi connectivity index (χ4v) is 8.71. The molecule has 8 heteroatoms. The van der Waals surface area contributed by atoms with Crippen LogP contribution < -0.4 is 4.90 Å². The van der Waals surface area contributed by atoms with Crippen LogP contribution in [0.25, 0.3) is 0 Å². The van der Waals surface area contributed by atoms with Crippen molar-refractivity contribution in [3.8, 4) is 0 Å². The number of amides is 2. The molecule has 36 heavy (non-hydrogen) atoms. The van der Waals surface area contributed by atoms with E-state index in [4.69, 9.17) is 4.74 Å². The summed E-state index contributed by atoms with van der Waals surface area (Å²) >= 11 is 1.53. The standard InChI is InChI=1S/C28H34N2O5S/c1-17-10-8-11-18(2)22(17)29-14-9-13-28-20(24(32)30(19(3)16-31)23(28)25(29)33)21-26(34)35-15-7-5-6-12-27(21,4)36-28/h6,8-13,19-21,23,31H,5,7,14-16H2,1-4H3/b12-6-/t19-,20+,21+,23?,27-,28+/m1/s1. The molecular formula is C28H34N2O5S. The van der Waals surface area contributed by atoms with Crippen LogP contribution in [0.2, 0.25) is 0 Å². The molecule has 0 saturated carbocycles. The normalized spacial score (nSPS) is 35.7. The van der Waals surface area contributed by atoms with Crippen LogP contribution in [0, 0.1) is 25.7 Å². The van der Waals surface area contributed by atoms with E-state index in [-0.39, 0.29) is 24.4 Å². The number of hydrogen-bond donors (Lipinski definition) is 1. The minimum atomic E-state index is -0.953. The van der Waals surface area contributed by atoms with Crippen molar-refractivity contribution >= 4 is 35.2 Å². The summed E-state index contributed by atoms with van der Waals surface area (Å²) in [5, 5.41) is 10.1. The Kier molecular flexibility index (Phi) is 6.32. The van der Waals surface area contributed by atoms with Crippen molar-refractivity contribution in [2.75, 3.05) is 24.7 Å². The Morgan fingerprint density at radius 2 is 1.83 bits per heavy atom. The molecule has 1 aromatic rings. The number of ether oxygens (including phenoxy) is 1. The van der Waals surface area contributed by atoms with Gasteiger partial charge in [0, 0.05) is 17.0 Å². The number of thioether (sulfide) groups is 1. The topological polar surface area (TPSA) is 87.2 Å². The van der Waals surface area contributed by atoms with E-state index in [1.807, 2.05) is 57.2 Å². The average Bonchev–Trinajstić information content (AvgIpc) is 3.19. The van der Waals surface area contributed by atoms with Crippen LogP contribution in [-0.4, -0.2) is 69.1 Å². The molecule has 0 bridgehead atoms. The zero-order valence-corrected chi connectivity index (χ0v) is 22.1. The molecule has 1 aromatic carbocycles. The van der Waals surface area contributed by atoms with Crippen LogP contribution in [0.15, 0.2) is 42.5 Å². The zero-order valence-electron chi connectivity index (χ0n) is 21.3. The molecule has 0 aliphatic carbocycles. The van der Waals surface area contributed by atoms with Gasteiger partial charge in [0.25, 0.3) is 5.91 Å². The molecule has 4 aliphatic rings. The number of benzene rings is 1. The van der Waals surface area contributed by atoms with Gasteiger partial charge < -0.3 is 19.6 Å². The number of aliphatic hydroxyl groups excluding tert-OH is 1.